The van der Waals surface area contributed by atoms with Crippen LogP contribution in [0.15, 0.2) is 22.7 Å². The molecule has 0 aliphatic carbocycles. The van der Waals surface area contributed by atoms with Crippen LogP contribution in [0, 0.1) is 8.99 Å². The molecule has 0 saturated heterocycles. The number of carbonyl (C=O) groups is 2. The molecule has 2 N–H and O–H groups in total. The van der Waals surface area contributed by atoms with Gasteiger partial charge in [-0.05, 0) is 70.6 Å². The van der Waals surface area contributed by atoms with Crippen molar-refractivity contribution in [3.8, 4) is 0 Å². The Labute approximate surface area is 127 Å². The second kappa shape index (κ2) is 6.01. The first-order valence-electron chi connectivity index (χ1n) is 5.20. The zero-order valence-electron chi connectivity index (χ0n) is 9.96. The van der Waals surface area contributed by atoms with Gasteiger partial charge in [0.2, 0.25) is 5.91 Å². The number of aliphatic carboxylic acids is 1. The van der Waals surface area contributed by atoms with Crippen molar-refractivity contribution in [2.45, 2.75) is 20.3 Å². The summed E-state index contributed by atoms with van der Waals surface area (Å²) in [6.07, 6.45) is -0.0687. The summed E-state index contributed by atoms with van der Waals surface area (Å²) in [6.45, 7) is 3.05. The Morgan fingerprint density at radius 1 is 1.44 bits per heavy atom. The van der Waals surface area contributed by atoms with Crippen LogP contribution in [0.4, 0.5) is 5.69 Å². The van der Waals surface area contributed by atoms with Gasteiger partial charge in [-0.1, -0.05) is 0 Å². The molecule has 0 radical (unpaired) electrons. The summed E-state index contributed by atoms with van der Waals surface area (Å²) < 4.78 is 1.82. The van der Waals surface area contributed by atoms with E-state index in [2.05, 4.69) is 43.8 Å². The monoisotopic (exact) mass is 425 g/mol. The van der Waals surface area contributed by atoms with Crippen LogP contribution < -0.4 is 5.32 Å². The minimum Gasteiger partial charge on any atom is -0.481 e. The molecule has 1 amide bonds. The van der Waals surface area contributed by atoms with Crippen LogP contribution in [-0.2, 0) is 9.59 Å². The fourth-order valence-electron chi connectivity index (χ4n) is 1.26. The minimum atomic E-state index is -1.07. The predicted molar refractivity (Wildman–Crippen MR) is 81.5 cm³/mol. The van der Waals surface area contributed by atoms with E-state index in [4.69, 9.17) is 5.11 Å². The highest BCUT2D eigenvalue weighted by atomic mass is 127. The smallest absolute Gasteiger partial charge is 0.309 e. The van der Waals surface area contributed by atoms with Crippen molar-refractivity contribution in [1.82, 2.24) is 0 Å². The molecule has 1 rings (SSSR count). The molecule has 0 atom stereocenters. The maximum Gasteiger partial charge on any atom is 0.309 e. The van der Waals surface area contributed by atoms with Gasteiger partial charge in [0.15, 0.2) is 0 Å². The summed E-state index contributed by atoms with van der Waals surface area (Å²) in [7, 11) is 0. The molecule has 0 spiro atoms. The molecule has 0 fully saturated rings. The zero-order chi connectivity index (χ0) is 13.9. The number of anilines is 1. The van der Waals surface area contributed by atoms with Gasteiger partial charge < -0.3 is 10.4 Å². The molecule has 0 saturated carbocycles. The summed E-state index contributed by atoms with van der Waals surface area (Å²) in [4.78, 5) is 22.7. The van der Waals surface area contributed by atoms with Crippen molar-refractivity contribution >= 4 is 56.1 Å². The van der Waals surface area contributed by atoms with Gasteiger partial charge in [0.05, 0.1) is 11.1 Å². The highest BCUT2D eigenvalue weighted by Crippen LogP contribution is 2.26. The Morgan fingerprint density at radius 2 is 2.06 bits per heavy atom. The van der Waals surface area contributed by atoms with E-state index in [-0.39, 0.29) is 12.3 Å². The van der Waals surface area contributed by atoms with Gasteiger partial charge >= 0.3 is 5.97 Å². The average Bonchev–Trinajstić information content (AvgIpc) is 2.21. The van der Waals surface area contributed by atoms with Crippen LogP contribution in [0.1, 0.15) is 20.3 Å². The van der Waals surface area contributed by atoms with Crippen LogP contribution in [0.5, 0.6) is 0 Å². The van der Waals surface area contributed by atoms with E-state index < -0.39 is 11.4 Å². The Morgan fingerprint density at radius 3 is 2.56 bits per heavy atom. The molecule has 6 heteroatoms. The topological polar surface area (TPSA) is 66.4 Å². The number of benzene rings is 1. The van der Waals surface area contributed by atoms with E-state index in [1.165, 1.54) is 13.8 Å². The first kappa shape index (κ1) is 15.4. The first-order chi connectivity index (χ1) is 8.22. The van der Waals surface area contributed by atoms with E-state index in [1.54, 1.807) is 6.07 Å². The second-order valence-corrected chi connectivity index (χ2v) is 6.64. The van der Waals surface area contributed by atoms with Gasteiger partial charge in [-0.25, -0.2) is 0 Å². The number of rotatable bonds is 4. The zero-order valence-corrected chi connectivity index (χ0v) is 13.7. The maximum atomic E-state index is 11.8. The number of nitrogens with one attached hydrogen (secondary N) is 1. The molecule has 98 valence electrons. The lowest BCUT2D eigenvalue weighted by atomic mass is 9.89. The SMILES string of the molecule is CC(C)(CC(=O)Nc1ccc(I)cc1Br)C(=O)O. The number of carboxylic acids is 1. The predicted octanol–water partition coefficient (Wildman–Crippen LogP) is 3.49. The van der Waals surface area contributed by atoms with Crippen LogP contribution in [0.3, 0.4) is 0 Å². The fourth-order valence-corrected chi connectivity index (χ4v) is 2.66. The molecule has 1 aromatic carbocycles. The molecule has 0 unspecified atom stereocenters. The standard InChI is InChI=1S/C12H13BrINO3/c1-12(2,11(17)18)6-10(16)15-9-4-3-7(14)5-8(9)13/h3-5H,6H2,1-2H3,(H,15,16)(H,17,18). The highest BCUT2D eigenvalue weighted by molar-refractivity contribution is 14.1. The van der Waals surface area contributed by atoms with Crippen LogP contribution in [0.2, 0.25) is 0 Å². The lowest BCUT2D eigenvalue weighted by molar-refractivity contribution is -0.148. The first-order valence-corrected chi connectivity index (χ1v) is 7.08. The molecule has 0 aliphatic heterocycles. The van der Waals surface area contributed by atoms with Crippen molar-refractivity contribution in [3.05, 3.63) is 26.2 Å². The Kier molecular flexibility index (Phi) is 5.15. The lowest BCUT2D eigenvalue weighted by Gasteiger charge is -2.18. The summed E-state index contributed by atoms with van der Waals surface area (Å²) in [5.74, 6) is -1.30. The van der Waals surface area contributed by atoms with Gasteiger partial charge in [-0.15, -0.1) is 0 Å². The van der Waals surface area contributed by atoms with Gasteiger partial charge in [0.1, 0.15) is 0 Å². The lowest BCUT2D eigenvalue weighted by Crippen LogP contribution is -2.29. The number of carboxylic acid groups (broad SMARTS) is 1. The van der Waals surface area contributed by atoms with Crippen molar-refractivity contribution in [2.75, 3.05) is 5.32 Å². The van der Waals surface area contributed by atoms with Gasteiger partial charge in [-0.3, -0.25) is 9.59 Å². The molecule has 0 aromatic heterocycles. The third-order valence-corrected chi connectivity index (χ3v) is 3.71. The van der Waals surface area contributed by atoms with E-state index in [0.717, 1.165) is 8.04 Å². The van der Waals surface area contributed by atoms with Crippen LogP contribution >= 0.6 is 38.5 Å². The van der Waals surface area contributed by atoms with Gasteiger partial charge in [0.25, 0.3) is 0 Å². The summed E-state index contributed by atoms with van der Waals surface area (Å²) >= 11 is 5.51. The molecule has 4 nitrogen and oxygen atoms in total. The Bertz CT molecular complexity index is 488. The van der Waals surface area contributed by atoms with Crippen molar-refractivity contribution in [3.63, 3.8) is 0 Å². The molecule has 0 bridgehead atoms. The average molecular weight is 426 g/mol. The molecular weight excluding hydrogens is 413 g/mol. The normalized spacial score (nSPS) is 11.1. The van der Waals surface area contributed by atoms with Crippen LogP contribution in [0.25, 0.3) is 0 Å². The van der Waals surface area contributed by atoms with E-state index in [1.807, 2.05) is 12.1 Å². The Hall–Kier alpha value is -0.630. The molecule has 18 heavy (non-hydrogen) atoms. The molecule has 0 aliphatic rings. The highest BCUT2D eigenvalue weighted by Gasteiger charge is 2.30. The maximum absolute atomic E-state index is 11.8. The number of carbonyl (C=O) groups excluding carboxylic acids is 1. The summed E-state index contributed by atoms with van der Waals surface area (Å²) in [6, 6.07) is 5.51. The molecule has 0 heterocycles. The third kappa shape index (κ3) is 4.24. The largest absolute Gasteiger partial charge is 0.481 e. The summed E-state index contributed by atoms with van der Waals surface area (Å²) in [5.41, 5.74) is -0.429. The van der Waals surface area contributed by atoms with E-state index >= 15 is 0 Å². The Balaban J connectivity index is 2.74. The molecule has 1 aromatic rings. The van der Waals surface area contributed by atoms with E-state index in [0.29, 0.717) is 5.69 Å². The van der Waals surface area contributed by atoms with Crippen molar-refractivity contribution < 1.29 is 14.7 Å². The van der Waals surface area contributed by atoms with E-state index in [9.17, 15) is 9.59 Å². The quantitative estimate of drug-likeness (QED) is 0.725. The third-order valence-electron chi connectivity index (χ3n) is 2.39. The fraction of sp³-hybridized carbons (Fsp3) is 0.333. The summed E-state index contributed by atoms with van der Waals surface area (Å²) in [5, 5.41) is 11.7. The van der Waals surface area contributed by atoms with Crippen molar-refractivity contribution in [2.24, 2.45) is 5.41 Å². The van der Waals surface area contributed by atoms with Gasteiger partial charge in [-0.2, -0.15) is 0 Å². The van der Waals surface area contributed by atoms with Gasteiger partial charge in [0, 0.05) is 14.5 Å². The minimum absolute atomic E-state index is 0.0687. The van der Waals surface area contributed by atoms with Crippen LogP contribution in [-0.4, -0.2) is 17.0 Å². The number of hydrogen-bond acceptors (Lipinski definition) is 2. The number of halogens is 2. The van der Waals surface area contributed by atoms with Crippen molar-refractivity contribution in [1.29, 1.82) is 0 Å². The number of hydrogen-bond donors (Lipinski definition) is 2. The molecular formula is C12H13BrINO3. The second-order valence-electron chi connectivity index (χ2n) is 4.54. The number of amides is 1.